The van der Waals surface area contributed by atoms with Crippen LogP contribution in [0.15, 0.2) is 65.6 Å². The van der Waals surface area contributed by atoms with Crippen molar-refractivity contribution in [3.8, 4) is 5.75 Å². The quantitative estimate of drug-likeness (QED) is 0.459. The Kier molecular flexibility index (Phi) is 5.01. The molecule has 3 aromatic carbocycles. The van der Waals surface area contributed by atoms with Crippen molar-refractivity contribution in [1.29, 1.82) is 0 Å². The molecule has 4 rings (SSSR count). The Balaban J connectivity index is 1.96. The van der Waals surface area contributed by atoms with Gasteiger partial charge in [0, 0.05) is 27.7 Å². The van der Waals surface area contributed by atoms with Crippen molar-refractivity contribution in [3.63, 3.8) is 0 Å². The number of para-hydroxylation sites is 1. The third kappa shape index (κ3) is 3.22. The first-order valence-electron chi connectivity index (χ1n) is 9.04. The van der Waals surface area contributed by atoms with E-state index in [9.17, 15) is 9.90 Å². The average Bonchev–Trinajstić information content (AvgIpc) is 3.02. The fraction of sp³-hybridized carbons (Fsp3) is 0.174. The summed E-state index contributed by atoms with van der Waals surface area (Å²) in [4.78, 5) is 12.4. The number of hydrogen-bond acceptors (Lipinski definition) is 3. The lowest BCUT2D eigenvalue weighted by molar-refractivity contribution is -0.136. The van der Waals surface area contributed by atoms with Crippen molar-refractivity contribution in [3.05, 3.63) is 71.8 Å². The Morgan fingerprint density at radius 1 is 1.04 bits per heavy atom. The standard InChI is InChI=1S/C23H21NO3S/c1-27-17-10-7-15(8-11-17)14-24-20-6-4-3-5-18(20)19-12-9-16(13-21(25)26)23(28-2)22(19)24/h3-12H,13-14H2,1-2H3,(H,25,26). The van der Waals surface area contributed by atoms with E-state index in [-0.39, 0.29) is 6.42 Å². The molecule has 0 aliphatic rings. The molecule has 1 N–H and O–H groups in total. The Hall–Kier alpha value is -2.92. The maximum absolute atomic E-state index is 11.4. The average molecular weight is 391 g/mol. The number of rotatable bonds is 6. The molecule has 1 heterocycles. The van der Waals surface area contributed by atoms with Gasteiger partial charge in [0.2, 0.25) is 0 Å². The molecule has 0 amide bonds. The summed E-state index contributed by atoms with van der Waals surface area (Å²) in [6, 6.07) is 20.4. The topological polar surface area (TPSA) is 51.5 Å². The number of aromatic nitrogens is 1. The number of carbonyl (C=O) groups is 1. The van der Waals surface area contributed by atoms with E-state index in [4.69, 9.17) is 4.74 Å². The third-order valence-electron chi connectivity index (χ3n) is 5.01. The van der Waals surface area contributed by atoms with Gasteiger partial charge in [0.25, 0.3) is 0 Å². The second-order valence-electron chi connectivity index (χ2n) is 6.68. The summed E-state index contributed by atoms with van der Waals surface area (Å²) < 4.78 is 7.56. The molecule has 0 unspecified atom stereocenters. The lowest BCUT2D eigenvalue weighted by Crippen LogP contribution is -2.04. The summed E-state index contributed by atoms with van der Waals surface area (Å²) in [5, 5.41) is 11.7. The molecule has 5 heteroatoms. The van der Waals surface area contributed by atoms with E-state index in [1.807, 2.05) is 36.6 Å². The van der Waals surface area contributed by atoms with Crippen molar-refractivity contribution >= 4 is 39.5 Å². The van der Waals surface area contributed by atoms with Crippen molar-refractivity contribution in [1.82, 2.24) is 4.57 Å². The molecule has 0 saturated heterocycles. The normalized spacial score (nSPS) is 11.2. The van der Waals surface area contributed by atoms with Gasteiger partial charge in [0.05, 0.1) is 19.0 Å². The zero-order chi connectivity index (χ0) is 19.7. The number of benzene rings is 3. The minimum Gasteiger partial charge on any atom is -0.497 e. The van der Waals surface area contributed by atoms with Crippen LogP contribution in [0.25, 0.3) is 21.8 Å². The largest absolute Gasteiger partial charge is 0.497 e. The lowest BCUT2D eigenvalue weighted by Gasteiger charge is -2.13. The van der Waals surface area contributed by atoms with Gasteiger partial charge in [-0.3, -0.25) is 4.79 Å². The third-order valence-corrected chi connectivity index (χ3v) is 5.88. The minimum absolute atomic E-state index is 0.0240. The van der Waals surface area contributed by atoms with Gasteiger partial charge in [0.1, 0.15) is 5.75 Å². The highest BCUT2D eigenvalue weighted by molar-refractivity contribution is 7.98. The number of carboxylic acids is 1. The smallest absolute Gasteiger partial charge is 0.307 e. The zero-order valence-corrected chi connectivity index (χ0v) is 16.6. The summed E-state index contributed by atoms with van der Waals surface area (Å²) in [7, 11) is 1.66. The number of aliphatic carboxylic acids is 1. The minimum atomic E-state index is -0.813. The van der Waals surface area contributed by atoms with Crippen LogP contribution in [-0.4, -0.2) is 29.0 Å². The highest BCUT2D eigenvalue weighted by Crippen LogP contribution is 2.37. The summed E-state index contributed by atoms with van der Waals surface area (Å²) in [6.45, 7) is 0.706. The molecule has 0 aliphatic heterocycles. The van der Waals surface area contributed by atoms with Gasteiger partial charge < -0.3 is 14.4 Å². The van der Waals surface area contributed by atoms with Crippen LogP contribution in [0.2, 0.25) is 0 Å². The molecule has 4 aromatic rings. The lowest BCUT2D eigenvalue weighted by atomic mass is 10.1. The Labute approximate surface area is 167 Å². The van der Waals surface area contributed by atoms with Gasteiger partial charge >= 0.3 is 5.97 Å². The number of ether oxygens (including phenoxy) is 1. The van der Waals surface area contributed by atoms with Gasteiger partial charge in [-0.05, 0) is 35.6 Å². The fourth-order valence-electron chi connectivity index (χ4n) is 3.76. The van der Waals surface area contributed by atoms with E-state index in [0.29, 0.717) is 6.54 Å². The van der Waals surface area contributed by atoms with Crippen molar-refractivity contribution in [2.45, 2.75) is 17.9 Å². The van der Waals surface area contributed by atoms with Crippen LogP contribution >= 0.6 is 11.8 Å². The van der Waals surface area contributed by atoms with E-state index >= 15 is 0 Å². The molecular weight excluding hydrogens is 370 g/mol. The monoisotopic (exact) mass is 391 g/mol. The maximum Gasteiger partial charge on any atom is 0.307 e. The van der Waals surface area contributed by atoms with Crippen LogP contribution < -0.4 is 4.74 Å². The van der Waals surface area contributed by atoms with Gasteiger partial charge in [-0.15, -0.1) is 11.8 Å². The Morgan fingerprint density at radius 3 is 2.46 bits per heavy atom. The molecule has 142 valence electrons. The summed E-state index contributed by atoms with van der Waals surface area (Å²) in [5.41, 5.74) is 4.27. The fourth-order valence-corrected chi connectivity index (χ4v) is 4.58. The molecular formula is C23H21NO3S. The zero-order valence-electron chi connectivity index (χ0n) is 15.8. The Morgan fingerprint density at radius 2 is 1.79 bits per heavy atom. The van der Waals surface area contributed by atoms with Crippen LogP contribution in [0.3, 0.4) is 0 Å². The van der Waals surface area contributed by atoms with E-state index in [2.05, 4.69) is 34.9 Å². The molecule has 1 aromatic heterocycles. The number of hydrogen-bond donors (Lipinski definition) is 1. The molecule has 4 nitrogen and oxygen atoms in total. The van der Waals surface area contributed by atoms with Crippen LogP contribution in [0, 0.1) is 0 Å². The first kappa shape index (κ1) is 18.4. The molecule has 0 aliphatic carbocycles. The highest BCUT2D eigenvalue weighted by atomic mass is 32.2. The molecule has 0 atom stereocenters. The highest BCUT2D eigenvalue weighted by Gasteiger charge is 2.18. The number of methoxy groups -OCH3 is 1. The van der Waals surface area contributed by atoms with Gasteiger partial charge in [0.15, 0.2) is 0 Å². The van der Waals surface area contributed by atoms with Crippen molar-refractivity contribution in [2.24, 2.45) is 0 Å². The second kappa shape index (κ2) is 7.60. The molecule has 0 spiro atoms. The number of nitrogens with zero attached hydrogens (tertiary/aromatic N) is 1. The summed E-state index contributed by atoms with van der Waals surface area (Å²) in [6.07, 6.45) is 2.03. The van der Waals surface area contributed by atoms with Crippen LogP contribution in [0.4, 0.5) is 0 Å². The molecule has 28 heavy (non-hydrogen) atoms. The SMILES string of the molecule is COc1ccc(Cn2c3ccccc3c3ccc(CC(=O)O)c(SC)c32)cc1. The summed E-state index contributed by atoms with van der Waals surface area (Å²) in [5.74, 6) is 0.0204. The van der Waals surface area contributed by atoms with E-state index in [0.717, 1.165) is 32.6 Å². The number of thioether (sulfide) groups is 1. The van der Waals surface area contributed by atoms with E-state index in [1.165, 1.54) is 10.9 Å². The molecule has 0 radical (unpaired) electrons. The maximum atomic E-state index is 11.4. The molecule has 0 fully saturated rings. The van der Waals surface area contributed by atoms with E-state index < -0.39 is 5.97 Å². The number of fused-ring (bicyclic) bond motifs is 3. The van der Waals surface area contributed by atoms with Crippen molar-refractivity contribution in [2.75, 3.05) is 13.4 Å². The first-order chi connectivity index (χ1) is 13.6. The van der Waals surface area contributed by atoms with Gasteiger partial charge in [-0.1, -0.05) is 42.5 Å². The predicted octanol–water partition coefficient (Wildman–Crippen LogP) is 5.20. The molecule has 0 saturated carbocycles. The van der Waals surface area contributed by atoms with E-state index in [1.54, 1.807) is 18.9 Å². The van der Waals surface area contributed by atoms with Crippen LogP contribution in [0.5, 0.6) is 5.75 Å². The first-order valence-corrected chi connectivity index (χ1v) is 10.3. The predicted molar refractivity (Wildman–Crippen MR) is 115 cm³/mol. The van der Waals surface area contributed by atoms with Crippen LogP contribution in [0.1, 0.15) is 11.1 Å². The van der Waals surface area contributed by atoms with Gasteiger partial charge in [-0.25, -0.2) is 0 Å². The molecule has 0 bridgehead atoms. The number of carboxylic acid groups (broad SMARTS) is 1. The van der Waals surface area contributed by atoms with Crippen LogP contribution in [-0.2, 0) is 17.8 Å². The second-order valence-corrected chi connectivity index (χ2v) is 7.49. The summed E-state index contributed by atoms with van der Waals surface area (Å²) >= 11 is 1.61. The Bertz CT molecular complexity index is 1160. The van der Waals surface area contributed by atoms with Crippen molar-refractivity contribution < 1.29 is 14.6 Å². The van der Waals surface area contributed by atoms with Gasteiger partial charge in [-0.2, -0.15) is 0 Å².